The molecule has 3 aromatic heterocycles. The molecule has 0 saturated carbocycles. The van der Waals surface area contributed by atoms with Crippen LogP contribution in [-0.4, -0.2) is 39.4 Å². The Balaban J connectivity index is 1.57. The molecule has 4 aromatic rings. The van der Waals surface area contributed by atoms with E-state index in [0.717, 1.165) is 24.4 Å². The smallest absolute Gasteiger partial charge is 0.373 e. The number of ether oxygens (including phenoxy) is 1. The molecule has 0 radical (unpaired) electrons. The van der Waals surface area contributed by atoms with Crippen molar-refractivity contribution < 1.29 is 31.5 Å². The van der Waals surface area contributed by atoms with Gasteiger partial charge in [0.05, 0.1) is 36.4 Å². The van der Waals surface area contributed by atoms with Gasteiger partial charge in [0, 0.05) is 23.7 Å². The molecular weight excluding hydrogens is 463 g/mol. The molecule has 7 nitrogen and oxygen atoms in total. The molecule has 176 valence electrons. The SMILES string of the molecule is CN(C(=O)c1cc2cc(C(F)(F)F)ncc2[nH]1)[C@@H]1COCc2[nH]c(=O)c3cc(F)c(F)cc3c21. The lowest BCUT2D eigenvalue weighted by Crippen LogP contribution is -2.37. The highest BCUT2D eigenvalue weighted by molar-refractivity contribution is 5.98. The maximum Gasteiger partial charge on any atom is 0.433 e. The number of nitrogens with zero attached hydrogens (tertiary/aromatic N) is 2. The molecule has 5 rings (SSSR count). The molecular formula is C22H15F5N4O3. The Bertz CT molecular complexity index is 1530. The number of halogens is 5. The molecule has 0 fully saturated rings. The summed E-state index contributed by atoms with van der Waals surface area (Å²) in [5.41, 5.74) is -0.781. The minimum absolute atomic E-state index is 0.00305. The second kappa shape index (κ2) is 7.62. The van der Waals surface area contributed by atoms with Crippen molar-refractivity contribution in [1.29, 1.82) is 0 Å². The predicted octanol–water partition coefficient (Wildman–Crippen LogP) is 4.04. The van der Waals surface area contributed by atoms with E-state index in [1.807, 2.05) is 0 Å². The number of alkyl halides is 3. The number of carbonyl (C=O) groups is 1. The van der Waals surface area contributed by atoms with Gasteiger partial charge >= 0.3 is 6.18 Å². The Hall–Kier alpha value is -3.80. The number of amides is 1. The van der Waals surface area contributed by atoms with E-state index in [4.69, 9.17) is 4.74 Å². The quantitative estimate of drug-likeness (QED) is 0.426. The van der Waals surface area contributed by atoms with Crippen LogP contribution in [0.1, 0.15) is 33.5 Å². The molecule has 1 aliphatic rings. The van der Waals surface area contributed by atoms with Gasteiger partial charge in [0.25, 0.3) is 11.5 Å². The highest BCUT2D eigenvalue weighted by atomic mass is 19.4. The second-order valence-corrected chi connectivity index (χ2v) is 7.94. The molecule has 4 heterocycles. The summed E-state index contributed by atoms with van der Waals surface area (Å²) in [6, 6.07) is 3.01. The number of pyridine rings is 2. The first-order chi connectivity index (χ1) is 16.0. The number of aromatic amines is 2. The van der Waals surface area contributed by atoms with Crippen molar-refractivity contribution in [3.8, 4) is 0 Å². The largest absolute Gasteiger partial charge is 0.433 e. The van der Waals surface area contributed by atoms with Crippen LogP contribution in [0.25, 0.3) is 21.7 Å². The van der Waals surface area contributed by atoms with Crippen LogP contribution in [-0.2, 0) is 17.5 Å². The van der Waals surface area contributed by atoms with Gasteiger partial charge in [-0.05, 0) is 29.7 Å². The fraction of sp³-hybridized carbons (Fsp3) is 0.227. The van der Waals surface area contributed by atoms with E-state index < -0.39 is 41.0 Å². The Morgan fingerprint density at radius 2 is 1.82 bits per heavy atom. The van der Waals surface area contributed by atoms with Gasteiger partial charge in [-0.2, -0.15) is 13.2 Å². The molecule has 1 aromatic carbocycles. The van der Waals surface area contributed by atoms with Crippen molar-refractivity contribution in [3.05, 3.63) is 75.1 Å². The first-order valence-electron chi connectivity index (χ1n) is 9.99. The lowest BCUT2D eigenvalue weighted by molar-refractivity contribution is -0.141. The summed E-state index contributed by atoms with van der Waals surface area (Å²) in [4.78, 5) is 35.6. The Kier molecular flexibility index (Phi) is 4.93. The maximum absolute atomic E-state index is 14.0. The van der Waals surface area contributed by atoms with Gasteiger partial charge in [0.15, 0.2) is 11.6 Å². The monoisotopic (exact) mass is 478 g/mol. The topological polar surface area (TPSA) is 91.1 Å². The molecule has 1 atom stereocenters. The van der Waals surface area contributed by atoms with Crippen LogP contribution in [0.5, 0.6) is 0 Å². The van der Waals surface area contributed by atoms with Gasteiger partial charge in [-0.1, -0.05) is 0 Å². The molecule has 34 heavy (non-hydrogen) atoms. The normalized spacial score (nSPS) is 16.1. The number of hydrogen-bond acceptors (Lipinski definition) is 4. The van der Waals surface area contributed by atoms with Crippen molar-refractivity contribution in [2.75, 3.05) is 13.7 Å². The third-order valence-electron chi connectivity index (χ3n) is 5.85. The number of rotatable bonds is 2. The third kappa shape index (κ3) is 3.50. The van der Waals surface area contributed by atoms with Gasteiger partial charge < -0.3 is 19.6 Å². The maximum atomic E-state index is 14.0. The molecule has 12 heteroatoms. The lowest BCUT2D eigenvalue weighted by Gasteiger charge is -2.33. The number of nitrogens with one attached hydrogen (secondary N) is 2. The van der Waals surface area contributed by atoms with Crippen LogP contribution in [0.4, 0.5) is 22.0 Å². The van der Waals surface area contributed by atoms with Crippen LogP contribution in [0, 0.1) is 11.6 Å². The minimum Gasteiger partial charge on any atom is -0.373 e. The predicted molar refractivity (Wildman–Crippen MR) is 110 cm³/mol. The van der Waals surface area contributed by atoms with Crippen LogP contribution in [0.3, 0.4) is 0 Å². The van der Waals surface area contributed by atoms with Gasteiger partial charge in [-0.3, -0.25) is 9.59 Å². The van der Waals surface area contributed by atoms with Crippen molar-refractivity contribution in [2.24, 2.45) is 0 Å². The summed E-state index contributed by atoms with van der Waals surface area (Å²) >= 11 is 0. The van der Waals surface area contributed by atoms with Crippen molar-refractivity contribution in [1.82, 2.24) is 19.9 Å². The van der Waals surface area contributed by atoms with E-state index in [9.17, 15) is 31.5 Å². The summed E-state index contributed by atoms with van der Waals surface area (Å²) in [5, 5.41) is 0.203. The molecule has 2 N–H and O–H groups in total. The van der Waals surface area contributed by atoms with Crippen LogP contribution >= 0.6 is 0 Å². The molecule has 0 bridgehead atoms. The van der Waals surface area contributed by atoms with Crippen LogP contribution in [0.15, 0.2) is 35.3 Å². The molecule has 0 spiro atoms. The van der Waals surface area contributed by atoms with E-state index in [1.165, 1.54) is 18.0 Å². The Labute approximate surface area is 187 Å². The Morgan fingerprint density at radius 3 is 2.53 bits per heavy atom. The summed E-state index contributed by atoms with van der Waals surface area (Å²) in [5.74, 6) is -2.92. The summed E-state index contributed by atoms with van der Waals surface area (Å²) in [7, 11) is 1.44. The fourth-order valence-electron chi connectivity index (χ4n) is 4.18. The second-order valence-electron chi connectivity index (χ2n) is 7.94. The highest BCUT2D eigenvalue weighted by Crippen LogP contribution is 2.35. The van der Waals surface area contributed by atoms with E-state index in [1.54, 1.807) is 0 Å². The lowest BCUT2D eigenvalue weighted by atomic mass is 9.95. The van der Waals surface area contributed by atoms with E-state index in [2.05, 4.69) is 15.0 Å². The fourth-order valence-corrected chi connectivity index (χ4v) is 4.18. The molecule has 0 saturated heterocycles. The molecule has 1 amide bonds. The Morgan fingerprint density at radius 1 is 1.12 bits per heavy atom. The highest BCUT2D eigenvalue weighted by Gasteiger charge is 2.34. The number of H-pyrrole nitrogens is 2. The number of likely N-dealkylation sites (N-methyl/N-ethyl adjacent to an activating group) is 1. The zero-order valence-electron chi connectivity index (χ0n) is 17.4. The van der Waals surface area contributed by atoms with Gasteiger partial charge in [-0.25, -0.2) is 13.8 Å². The van der Waals surface area contributed by atoms with Crippen molar-refractivity contribution >= 4 is 27.6 Å². The molecule has 0 aliphatic carbocycles. The van der Waals surface area contributed by atoms with Crippen LogP contribution < -0.4 is 5.56 Å². The zero-order valence-corrected chi connectivity index (χ0v) is 17.4. The van der Waals surface area contributed by atoms with E-state index >= 15 is 0 Å². The van der Waals surface area contributed by atoms with Gasteiger partial charge in [0.1, 0.15) is 11.4 Å². The molecule has 0 unspecified atom stereocenters. The average molecular weight is 478 g/mol. The van der Waals surface area contributed by atoms with Crippen molar-refractivity contribution in [3.63, 3.8) is 0 Å². The summed E-state index contributed by atoms with van der Waals surface area (Å²) in [6.07, 6.45) is -3.65. The molecule has 1 aliphatic heterocycles. The van der Waals surface area contributed by atoms with Crippen LogP contribution in [0.2, 0.25) is 0 Å². The number of benzene rings is 1. The number of carbonyl (C=O) groups excluding carboxylic acids is 1. The van der Waals surface area contributed by atoms with E-state index in [-0.39, 0.29) is 40.6 Å². The van der Waals surface area contributed by atoms with Gasteiger partial charge in [0.2, 0.25) is 0 Å². The minimum atomic E-state index is -4.64. The van der Waals surface area contributed by atoms with Gasteiger partial charge in [-0.15, -0.1) is 0 Å². The summed E-state index contributed by atoms with van der Waals surface area (Å²) in [6.45, 7) is -0.00823. The number of aromatic nitrogens is 3. The number of fused-ring (bicyclic) bond motifs is 4. The standard InChI is InChI=1S/C22H15F5N4O3/c1-31(21(33)14-2-9-3-18(22(25,26)27)28-6-15(9)29-14)17-8-34-7-16-19(17)10-4-12(23)13(24)5-11(10)20(32)30-16/h2-6,17,29H,7-8H2,1H3,(H,30,32)/t17-/m1/s1. The first kappa shape index (κ1) is 22.0. The number of hydrogen-bond donors (Lipinski definition) is 2. The zero-order chi connectivity index (χ0) is 24.4. The third-order valence-corrected chi connectivity index (χ3v) is 5.85. The van der Waals surface area contributed by atoms with Crippen molar-refractivity contribution in [2.45, 2.75) is 18.8 Å². The first-order valence-corrected chi connectivity index (χ1v) is 9.99. The van der Waals surface area contributed by atoms with E-state index in [0.29, 0.717) is 11.3 Å². The average Bonchev–Trinajstić information content (AvgIpc) is 3.22. The summed E-state index contributed by atoms with van der Waals surface area (Å²) < 4.78 is 72.2.